The zero-order valence-electron chi connectivity index (χ0n) is 24.3. The number of likely N-dealkylation sites (N-methyl/N-ethyl adjacent to an activating group) is 1. The van der Waals surface area contributed by atoms with E-state index in [0.717, 1.165) is 78.4 Å². The minimum atomic E-state index is -0.0781. The van der Waals surface area contributed by atoms with E-state index in [1.165, 1.54) is 0 Å². The Hall–Kier alpha value is -3.84. The molecule has 0 bridgehead atoms. The molecule has 7 heteroatoms. The Morgan fingerprint density at radius 3 is 2.38 bits per heavy atom. The summed E-state index contributed by atoms with van der Waals surface area (Å²) in [7, 11) is 0. The van der Waals surface area contributed by atoms with Crippen LogP contribution in [0.25, 0.3) is 16.5 Å². The minimum absolute atomic E-state index is 0.0781. The molecule has 3 aromatic carbocycles. The Balaban J connectivity index is 1.49. The van der Waals surface area contributed by atoms with E-state index in [-0.39, 0.29) is 6.03 Å². The fourth-order valence-corrected chi connectivity index (χ4v) is 5.47. The molecule has 0 radical (unpaired) electrons. The average molecular weight is 539 g/mol. The first kappa shape index (κ1) is 27.7. The van der Waals surface area contributed by atoms with E-state index in [2.05, 4.69) is 90.0 Å². The Labute approximate surface area is 238 Å². The highest BCUT2D eigenvalue weighted by Gasteiger charge is 2.28. The van der Waals surface area contributed by atoms with E-state index >= 15 is 0 Å². The lowest BCUT2D eigenvalue weighted by Gasteiger charge is -2.36. The van der Waals surface area contributed by atoms with E-state index in [1.54, 1.807) is 0 Å². The number of carbonyl (C=O) groups excluding carboxylic acids is 1. The van der Waals surface area contributed by atoms with Gasteiger partial charge in [-0.05, 0) is 49.4 Å². The third-order valence-corrected chi connectivity index (χ3v) is 7.92. The Morgan fingerprint density at radius 2 is 1.65 bits per heavy atom. The molecule has 0 aliphatic carbocycles. The van der Waals surface area contributed by atoms with Crippen LogP contribution in [0.5, 0.6) is 0 Å². The number of para-hydroxylation sites is 1. The summed E-state index contributed by atoms with van der Waals surface area (Å²) in [5.74, 6) is 1.59. The number of nitrogens with one attached hydrogen (secondary N) is 1. The van der Waals surface area contributed by atoms with E-state index in [9.17, 15) is 4.79 Å². The molecule has 210 valence electrons. The van der Waals surface area contributed by atoms with Gasteiger partial charge in [0.15, 0.2) is 0 Å². The number of aryl methyl sites for hydroxylation is 1. The Bertz CT molecular complexity index is 1420. The number of nitrogens with zero attached hydrogens (tertiary/aromatic N) is 5. The molecule has 2 amide bonds. The number of anilines is 2. The normalized spacial score (nSPS) is 14.2. The Morgan fingerprint density at radius 1 is 0.950 bits per heavy atom. The third-order valence-electron chi connectivity index (χ3n) is 7.92. The number of hydrogen-bond donors (Lipinski definition) is 1. The van der Waals surface area contributed by atoms with Crippen molar-refractivity contribution < 1.29 is 4.79 Å². The Kier molecular flexibility index (Phi) is 8.70. The van der Waals surface area contributed by atoms with Crippen molar-refractivity contribution in [2.75, 3.05) is 49.5 Å². The number of fused-ring (bicyclic) bond motifs is 1. The summed E-state index contributed by atoms with van der Waals surface area (Å²) in [5.41, 5.74) is 3.96. The SMILES string of the molecule is CCN1CCN(c2c(CN(CCC(C)C)C(=O)Nc3cccc4ccccc34)c(C)nn2-c2ccccc2)CC1. The van der Waals surface area contributed by atoms with Crippen LogP contribution in [-0.2, 0) is 6.54 Å². The molecule has 0 unspecified atom stereocenters. The molecule has 1 saturated heterocycles. The smallest absolute Gasteiger partial charge is 0.322 e. The molecule has 1 aromatic heterocycles. The highest BCUT2D eigenvalue weighted by molar-refractivity contribution is 6.01. The lowest BCUT2D eigenvalue weighted by atomic mass is 10.1. The van der Waals surface area contributed by atoms with Crippen LogP contribution in [0.1, 0.15) is 38.4 Å². The average Bonchev–Trinajstić information content (AvgIpc) is 3.31. The number of urea groups is 1. The summed E-state index contributed by atoms with van der Waals surface area (Å²) in [6, 6.07) is 24.5. The maximum Gasteiger partial charge on any atom is 0.322 e. The zero-order valence-corrected chi connectivity index (χ0v) is 24.3. The maximum atomic E-state index is 13.9. The lowest BCUT2D eigenvalue weighted by molar-refractivity contribution is 0.205. The van der Waals surface area contributed by atoms with Crippen molar-refractivity contribution in [1.82, 2.24) is 19.6 Å². The van der Waals surface area contributed by atoms with Crippen LogP contribution >= 0.6 is 0 Å². The van der Waals surface area contributed by atoms with Gasteiger partial charge in [-0.15, -0.1) is 0 Å². The second-order valence-electron chi connectivity index (χ2n) is 11.1. The predicted molar refractivity (Wildman–Crippen MR) is 165 cm³/mol. The van der Waals surface area contributed by atoms with Crippen molar-refractivity contribution >= 4 is 28.3 Å². The quantitative estimate of drug-likeness (QED) is 0.262. The van der Waals surface area contributed by atoms with Crippen molar-refractivity contribution in [2.45, 2.75) is 40.7 Å². The molecule has 1 aliphatic heterocycles. The van der Waals surface area contributed by atoms with Crippen molar-refractivity contribution in [3.05, 3.63) is 84.1 Å². The van der Waals surface area contributed by atoms with E-state index in [1.807, 2.05) is 35.2 Å². The summed E-state index contributed by atoms with van der Waals surface area (Å²) >= 11 is 0. The van der Waals surface area contributed by atoms with Crippen molar-refractivity contribution in [1.29, 1.82) is 0 Å². The van der Waals surface area contributed by atoms with Gasteiger partial charge in [0.05, 0.1) is 23.6 Å². The highest BCUT2D eigenvalue weighted by Crippen LogP contribution is 2.30. The number of carbonyl (C=O) groups is 1. The second-order valence-corrected chi connectivity index (χ2v) is 11.1. The van der Waals surface area contributed by atoms with Crippen LogP contribution in [0.15, 0.2) is 72.8 Å². The van der Waals surface area contributed by atoms with E-state index < -0.39 is 0 Å². The van der Waals surface area contributed by atoms with Gasteiger partial charge in [-0.1, -0.05) is 75.4 Å². The fraction of sp³-hybridized carbons (Fsp3) is 0.394. The lowest BCUT2D eigenvalue weighted by Crippen LogP contribution is -2.47. The van der Waals surface area contributed by atoms with Crippen LogP contribution in [0, 0.1) is 12.8 Å². The molecule has 7 nitrogen and oxygen atoms in total. The summed E-state index contributed by atoms with van der Waals surface area (Å²) in [6.07, 6.45) is 0.930. The number of piperazine rings is 1. The molecule has 40 heavy (non-hydrogen) atoms. The van der Waals surface area contributed by atoms with Crippen LogP contribution < -0.4 is 10.2 Å². The largest absolute Gasteiger partial charge is 0.354 e. The first-order valence-electron chi connectivity index (χ1n) is 14.6. The number of hydrogen-bond acceptors (Lipinski definition) is 4. The van der Waals surface area contributed by atoms with Gasteiger partial charge in [-0.25, -0.2) is 9.48 Å². The molecule has 1 aliphatic rings. The number of benzene rings is 3. The molecule has 0 saturated carbocycles. The number of aromatic nitrogens is 2. The molecule has 5 rings (SSSR count). The first-order chi connectivity index (χ1) is 19.4. The highest BCUT2D eigenvalue weighted by atomic mass is 16.2. The van der Waals surface area contributed by atoms with Gasteiger partial charge in [-0.3, -0.25) is 0 Å². The predicted octanol–water partition coefficient (Wildman–Crippen LogP) is 6.56. The standard InChI is InChI=1S/C33H42N6O/c1-5-36-20-22-37(23-21-36)32-30(26(4)35-39(32)28-14-7-6-8-15-28)24-38(19-18-25(2)3)33(40)34-31-17-11-13-27-12-9-10-16-29(27)31/h6-17,25H,5,18-24H2,1-4H3,(H,34,40). The first-order valence-corrected chi connectivity index (χ1v) is 14.6. The molecular weight excluding hydrogens is 496 g/mol. The zero-order chi connectivity index (χ0) is 28.1. The molecule has 1 fully saturated rings. The second kappa shape index (κ2) is 12.6. The summed E-state index contributed by atoms with van der Waals surface area (Å²) in [5, 5.41) is 10.4. The van der Waals surface area contributed by atoms with Gasteiger partial charge in [0.1, 0.15) is 5.82 Å². The van der Waals surface area contributed by atoms with Crippen molar-refractivity contribution in [3.8, 4) is 5.69 Å². The molecular formula is C33H42N6O. The van der Waals surface area contributed by atoms with Gasteiger partial charge >= 0.3 is 6.03 Å². The van der Waals surface area contributed by atoms with Gasteiger partial charge in [-0.2, -0.15) is 5.10 Å². The van der Waals surface area contributed by atoms with Crippen molar-refractivity contribution in [2.24, 2.45) is 5.92 Å². The number of rotatable bonds is 9. The molecule has 0 atom stereocenters. The monoisotopic (exact) mass is 538 g/mol. The fourth-order valence-electron chi connectivity index (χ4n) is 5.47. The minimum Gasteiger partial charge on any atom is -0.354 e. The van der Waals surface area contributed by atoms with Crippen LogP contribution in [0.2, 0.25) is 0 Å². The molecule has 1 N–H and O–H groups in total. The van der Waals surface area contributed by atoms with Crippen molar-refractivity contribution in [3.63, 3.8) is 0 Å². The third kappa shape index (κ3) is 6.15. The topological polar surface area (TPSA) is 56.6 Å². The molecule has 2 heterocycles. The van der Waals surface area contributed by atoms with E-state index in [0.29, 0.717) is 19.0 Å². The maximum absolute atomic E-state index is 13.9. The van der Waals surface area contributed by atoms with Gasteiger partial charge in [0.2, 0.25) is 0 Å². The van der Waals surface area contributed by atoms with Gasteiger partial charge < -0.3 is 20.0 Å². The van der Waals surface area contributed by atoms with Gasteiger partial charge in [0, 0.05) is 43.7 Å². The van der Waals surface area contributed by atoms with Crippen LogP contribution in [-0.4, -0.2) is 64.9 Å². The molecule has 0 spiro atoms. The van der Waals surface area contributed by atoms with Crippen LogP contribution in [0.4, 0.5) is 16.3 Å². The van der Waals surface area contributed by atoms with Crippen LogP contribution in [0.3, 0.4) is 0 Å². The molecule has 4 aromatic rings. The summed E-state index contributed by atoms with van der Waals surface area (Å²) in [4.78, 5) is 20.8. The number of amides is 2. The summed E-state index contributed by atoms with van der Waals surface area (Å²) in [6.45, 7) is 14.9. The van der Waals surface area contributed by atoms with Gasteiger partial charge in [0.25, 0.3) is 0 Å². The van der Waals surface area contributed by atoms with E-state index in [4.69, 9.17) is 5.10 Å². The summed E-state index contributed by atoms with van der Waals surface area (Å²) < 4.78 is 2.08.